The Hall–Kier alpha value is -3.88. The van der Waals surface area contributed by atoms with Gasteiger partial charge in [-0.25, -0.2) is 10.1 Å². The maximum atomic E-state index is 12.7. The molecule has 16 heteroatoms. The number of ether oxygens (including phenoxy) is 1. The maximum Gasteiger partial charge on any atom is 0.573 e. The molecule has 1 amide bonds. The number of nitrogens with one attached hydrogen (secondary N) is 2. The van der Waals surface area contributed by atoms with Crippen LogP contribution in [0.2, 0.25) is 10.0 Å². The van der Waals surface area contributed by atoms with Gasteiger partial charge in [-0.05, 0) is 74.4 Å². The Morgan fingerprint density at radius 2 is 1.80 bits per heavy atom. The quantitative estimate of drug-likeness (QED) is 0.233. The number of fused-ring (bicyclic) bond motifs is 1. The van der Waals surface area contributed by atoms with Crippen LogP contribution in [0.5, 0.6) is 5.75 Å². The fourth-order valence-corrected chi connectivity index (χ4v) is 4.68. The lowest BCUT2D eigenvalue weighted by molar-refractivity contribution is -0.274. The largest absolute Gasteiger partial charge is 0.573 e. The van der Waals surface area contributed by atoms with Crippen LogP contribution in [0, 0.1) is 0 Å². The summed E-state index contributed by atoms with van der Waals surface area (Å²) < 4.78 is 45.9. The molecule has 0 saturated carbocycles. The molecule has 0 fully saturated rings. The first-order valence-electron chi connectivity index (χ1n) is 11.3. The third-order valence-corrected chi connectivity index (χ3v) is 7.06. The summed E-state index contributed by atoms with van der Waals surface area (Å²) in [6.07, 6.45) is -4.83. The summed E-state index contributed by atoms with van der Waals surface area (Å²) >= 11 is 15.7. The number of H-pyrrole nitrogens is 1. The number of amides is 1. The van der Waals surface area contributed by atoms with Gasteiger partial charge in [0.2, 0.25) is 11.6 Å². The van der Waals surface area contributed by atoms with Crippen molar-refractivity contribution in [2.75, 3.05) is 5.32 Å². The van der Waals surface area contributed by atoms with Crippen molar-refractivity contribution in [1.29, 1.82) is 0 Å². The number of anilines is 1. The number of imidazole rings is 1. The minimum Gasteiger partial charge on any atom is -0.405 e. The molecule has 2 heterocycles. The summed E-state index contributed by atoms with van der Waals surface area (Å²) in [5.74, 6) is -0.672. The molecule has 10 nitrogen and oxygen atoms in total. The molecule has 0 aliphatic rings. The predicted molar refractivity (Wildman–Crippen MR) is 145 cm³/mol. The van der Waals surface area contributed by atoms with Crippen molar-refractivity contribution in [1.82, 2.24) is 29.8 Å². The van der Waals surface area contributed by atoms with Gasteiger partial charge in [-0.1, -0.05) is 40.4 Å². The van der Waals surface area contributed by atoms with E-state index in [2.05, 4.69) is 46.6 Å². The Labute approximate surface area is 241 Å². The summed E-state index contributed by atoms with van der Waals surface area (Å²) in [4.78, 5) is 17.2. The summed E-state index contributed by atoms with van der Waals surface area (Å²) in [6.45, 7) is 0.318. The van der Waals surface area contributed by atoms with Crippen LogP contribution in [0.4, 0.5) is 24.8 Å². The highest BCUT2D eigenvalue weighted by Gasteiger charge is 2.32. The number of rotatable bonds is 6. The monoisotopic (exact) mass is 654 g/mol. The molecule has 40 heavy (non-hydrogen) atoms. The van der Waals surface area contributed by atoms with Crippen LogP contribution in [0.3, 0.4) is 0 Å². The van der Waals surface area contributed by atoms with Gasteiger partial charge in [0.1, 0.15) is 5.75 Å². The molecular formula is C24H16BrCl2F3N8O2. The SMILES string of the molecule is Cn1c(=Nc2ccc(OC(F)(F)F)c(Br)c2)n(Cc2ccc(C(=O)Nc3nnn[nH]3)cc2)c2cc(Cl)c(Cl)cc21. The topological polar surface area (TPSA) is 115 Å². The van der Waals surface area contributed by atoms with Gasteiger partial charge in [-0.15, -0.1) is 13.2 Å². The molecule has 2 aromatic heterocycles. The van der Waals surface area contributed by atoms with E-state index in [9.17, 15) is 18.0 Å². The second-order valence-electron chi connectivity index (χ2n) is 8.38. The van der Waals surface area contributed by atoms with Crippen molar-refractivity contribution in [3.05, 3.63) is 85.9 Å². The van der Waals surface area contributed by atoms with E-state index >= 15 is 0 Å². The van der Waals surface area contributed by atoms with E-state index in [0.717, 1.165) is 11.1 Å². The smallest absolute Gasteiger partial charge is 0.405 e. The molecule has 0 unspecified atom stereocenters. The standard InChI is InChI=1S/C24H16BrCl2F3N8O2/c1-37-18-9-16(26)17(27)10-19(18)38(23(37)31-14-6-7-20(15(25)8-14)40-24(28,29)30)11-12-2-4-13(5-3-12)21(39)32-22-33-35-36-34-22/h2-10H,11H2,1H3,(H2,32,33,34,35,36,39). The van der Waals surface area contributed by atoms with Crippen molar-refractivity contribution in [3.63, 3.8) is 0 Å². The number of aryl methyl sites for hydroxylation is 1. The number of aromatic nitrogens is 6. The second kappa shape index (κ2) is 10.9. The van der Waals surface area contributed by atoms with Crippen LogP contribution in [-0.4, -0.2) is 42.0 Å². The lowest BCUT2D eigenvalue weighted by Crippen LogP contribution is -2.24. The molecule has 5 aromatic rings. The van der Waals surface area contributed by atoms with Crippen LogP contribution in [0.1, 0.15) is 15.9 Å². The molecule has 0 spiro atoms. The van der Waals surface area contributed by atoms with Gasteiger partial charge < -0.3 is 13.9 Å². The molecule has 0 atom stereocenters. The normalized spacial score (nSPS) is 12.2. The van der Waals surface area contributed by atoms with Gasteiger partial charge in [-0.2, -0.15) is 0 Å². The molecule has 3 aromatic carbocycles. The van der Waals surface area contributed by atoms with Gasteiger partial charge in [0.05, 0.1) is 37.8 Å². The van der Waals surface area contributed by atoms with E-state index in [1.165, 1.54) is 18.2 Å². The average Bonchev–Trinajstić information content (AvgIpc) is 3.48. The highest BCUT2D eigenvalue weighted by Crippen LogP contribution is 2.33. The van der Waals surface area contributed by atoms with Crippen LogP contribution >= 0.6 is 39.1 Å². The van der Waals surface area contributed by atoms with E-state index < -0.39 is 18.0 Å². The molecule has 206 valence electrons. The number of hydrogen-bond donors (Lipinski definition) is 2. The molecule has 0 radical (unpaired) electrons. The Kier molecular flexibility index (Phi) is 7.57. The fraction of sp³-hybridized carbons (Fsp3) is 0.125. The molecule has 0 bridgehead atoms. The summed E-state index contributed by atoms with van der Waals surface area (Å²) in [5.41, 5.74) is 3.48. The van der Waals surface area contributed by atoms with E-state index in [4.69, 9.17) is 28.2 Å². The van der Waals surface area contributed by atoms with Gasteiger partial charge in [0, 0.05) is 12.6 Å². The zero-order chi connectivity index (χ0) is 28.6. The van der Waals surface area contributed by atoms with Crippen LogP contribution < -0.4 is 15.7 Å². The highest BCUT2D eigenvalue weighted by molar-refractivity contribution is 9.10. The lowest BCUT2D eigenvalue weighted by Gasteiger charge is -2.11. The average molecular weight is 656 g/mol. The van der Waals surface area contributed by atoms with Crippen molar-refractivity contribution in [3.8, 4) is 5.75 Å². The van der Waals surface area contributed by atoms with Crippen molar-refractivity contribution >= 4 is 67.7 Å². The number of benzene rings is 3. The van der Waals surface area contributed by atoms with Crippen molar-refractivity contribution in [2.24, 2.45) is 12.0 Å². The number of halogens is 6. The van der Waals surface area contributed by atoms with Crippen LogP contribution in [0.15, 0.2) is 64.1 Å². The Balaban J connectivity index is 1.54. The predicted octanol–water partition coefficient (Wildman–Crippen LogP) is 5.99. The number of aromatic amines is 1. The van der Waals surface area contributed by atoms with E-state index in [1.54, 1.807) is 48.0 Å². The Bertz CT molecular complexity index is 1790. The number of alkyl halides is 3. The Morgan fingerprint density at radius 3 is 2.42 bits per heavy atom. The van der Waals surface area contributed by atoms with E-state index in [1.807, 2.05) is 4.57 Å². The fourth-order valence-electron chi connectivity index (χ4n) is 3.92. The first-order chi connectivity index (χ1) is 19.0. The lowest BCUT2D eigenvalue weighted by atomic mass is 10.1. The number of nitrogens with zero attached hydrogens (tertiary/aromatic N) is 6. The Morgan fingerprint density at radius 1 is 1.10 bits per heavy atom. The number of tetrazole rings is 1. The minimum atomic E-state index is -4.83. The summed E-state index contributed by atoms with van der Waals surface area (Å²) in [6, 6.07) is 14.3. The van der Waals surface area contributed by atoms with Crippen molar-refractivity contribution < 1.29 is 22.7 Å². The first kappa shape index (κ1) is 27.7. The molecule has 5 rings (SSSR count). The van der Waals surface area contributed by atoms with Gasteiger partial charge in [0.25, 0.3) is 5.91 Å². The maximum absolute atomic E-state index is 12.7. The molecule has 2 N–H and O–H groups in total. The van der Waals surface area contributed by atoms with Gasteiger partial charge in [-0.3, -0.25) is 10.1 Å². The van der Waals surface area contributed by atoms with E-state index in [-0.39, 0.29) is 10.4 Å². The minimum absolute atomic E-state index is 0.0810. The zero-order valence-electron chi connectivity index (χ0n) is 20.2. The number of hydrogen-bond acceptors (Lipinski definition) is 6. The van der Waals surface area contributed by atoms with Gasteiger partial charge in [0.15, 0.2) is 0 Å². The third kappa shape index (κ3) is 5.98. The third-order valence-electron chi connectivity index (χ3n) is 5.72. The van der Waals surface area contributed by atoms with Crippen LogP contribution in [0.25, 0.3) is 11.0 Å². The molecular weight excluding hydrogens is 640 g/mol. The molecule has 0 saturated heterocycles. The first-order valence-corrected chi connectivity index (χ1v) is 12.8. The number of carbonyl (C=O) groups is 1. The van der Waals surface area contributed by atoms with Gasteiger partial charge >= 0.3 is 6.36 Å². The molecule has 0 aliphatic carbocycles. The van der Waals surface area contributed by atoms with Crippen LogP contribution in [-0.2, 0) is 13.6 Å². The highest BCUT2D eigenvalue weighted by atomic mass is 79.9. The summed E-state index contributed by atoms with van der Waals surface area (Å²) in [5, 5.41) is 16.1. The zero-order valence-corrected chi connectivity index (χ0v) is 23.3. The molecule has 0 aliphatic heterocycles. The number of carbonyl (C=O) groups excluding carboxylic acids is 1. The summed E-state index contributed by atoms with van der Waals surface area (Å²) in [7, 11) is 1.78. The van der Waals surface area contributed by atoms with Crippen molar-refractivity contribution in [2.45, 2.75) is 12.9 Å². The second-order valence-corrected chi connectivity index (χ2v) is 10.0. The van der Waals surface area contributed by atoms with E-state index in [0.29, 0.717) is 39.0 Å².